The lowest BCUT2D eigenvalue weighted by molar-refractivity contribution is -0.147. The van der Waals surface area contributed by atoms with E-state index in [1.807, 2.05) is 19.2 Å². The van der Waals surface area contributed by atoms with E-state index in [0.29, 0.717) is 24.0 Å². The molecular weight excluding hydrogens is 382 g/mol. The second-order valence-electron chi connectivity index (χ2n) is 6.43. The molecule has 4 amide bonds. The fraction of sp³-hybridized carbons (Fsp3) is 0.474. The van der Waals surface area contributed by atoms with Crippen molar-refractivity contribution in [2.75, 3.05) is 33.9 Å². The summed E-state index contributed by atoms with van der Waals surface area (Å²) in [6.45, 7) is 3.35. The Hall–Kier alpha value is -3.30. The number of ether oxygens (including phenoxy) is 3. The summed E-state index contributed by atoms with van der Waals surface area (Å²) < 4.78 is 14.9. The van der Waals surface area contributed by atoms with Crippen LogP contribution in [0.5, 0.6) is 11.5 Å². The summed E-state index contributed by atoms with van der Waals surface area (Å²) >= 11 is 0. The van der Waals surface area contributed by atoms with Crippen LogP contribution in [-0.2, 0) is 14.3 Å². The monoisotopic (exact) mass is 409 g/mol. The fourth-order valence-electron chi connectivity index (χ4n) is 2.07. The minimum absolute atomic E-state index is 0.227. The molecule has 0 unspecified atom stereocenters. The lowest BCUT2D eigenvalue weighted by Gasteiger charge is -2.10. The molecule has 0 aromatic heterocycles. The van der Waals surface area contributed by atoms with Crippen LogP contribution in [-0.4, -0.2) is 57.7 Å². The smallest absolute Gasteiger partial charge is 0.325 e. The number of amides is 4. The molecule has 10 heteroatoms. The van der Waals surface area contributed by atoms with Crippen LogP contribution in [0.2, 0.25) is 0 Å². The molecule has 1 rings (SSSR count). The van der Waals surface area contributed by atoms with Crippen molar-refractivity contribution in [2.24, 2.45) is 5.92 Å². The van der Waals surface area contributed by atoms with Crippen molar-refractivity contribution in [1.29, 1.82) is 0 Å². The van der Waals surface area contributed by atoms with Crippen LogP contribution in [0.1, 0.15) is 30.6 Å². The van der Waals surface area contributed by atoms with E-state index in [9.17, 15) is 19.2 Å². The van der Waals surface area contributed by atoms with Gasteiger partial charge in [0, 0.05) is 18.2 Å². The second kappa shape index (κ2) is 12.2. The summed E-state index contributed by atoms with van der Waals surface area (Å²) in [5, 5.41) is 6.93. The molecule has 0 aliphatic rings. The number of carbonyl (C=O) groups is 4. The zero-order valence-electron chi connectivity index (χ0n) is 17.0. The number of rotatable bonds is 10. The summed E-state index contributed by atoms with van der Waals surface area (Å²) in [5.41, 5.74) is 0.227. The first-order valence-corrected chi connectivity index (χ1v) is 8.99. The molecule has 0 fully saturated rings. The SMILES string of the molecule is COc1cc(OC)cc(C(=O)NCC(=O)OCC(=O)NC(=O)NCCC(C)C)c1. The molecule has 160 valence electrons. The lowest BCUT2D eigenvalue weighted by Crippen LogP contribution is -2.42. The Morgan fingerprint density at radius 1 is 0.966 bits per heavy atom. The first-order chi connectivity index (χ1) is 13.7. The molecule has 1 aromatic carbocycles. The molecule has 0 heterocycles. The number of urea groups is 1. The molecule has 29 heavy (non-hydrogen) atoms. The van der Waals surface area contributed by atoms with Crippen LogP contribution in [0, 0.1) is 5.92 Å². The topological polar surface area (TPSA) is 132 Å². The van der Waals surface area contributed by atoms with Gasteiger partial charge in [0.2, 0.25) is 0 Å². The Labute approximate surface area is 169 Å². The van der Waals surface area contributed by atoms with E-state index in [1.165, 1.54) is 26.4 Å². The van der Waals surface area contributed by atoms with Gasteiger partial charge in [-0.1, -0.05) is 13.8 Å². The largest absolute Gasteiger partial charge is 0.497 e. The first-order valence-electron chi connectivity index (χ1n) is 8.99. The number of imide groups is 1. The number of nitrogens with one attached hydrogen (secondary N) is 3. The van der Waals surface area contributed by atoms with Gasteiger partial charge in [0.25, 0.3) is 11.8 Å². The van der Waals surface area contributed by atoms with Crippen LogP contribution in [0.25, 0.3) is 0 Å². The van der Waals surface area contributed by atoms with E-state index in [2.05, 4.69) is 10.6 Å². The molecule has 0 saturated heterocycles. The highest BCUT2D eigenvalue weighted by Crippen LogP contribution is 2.22. The maximum Gasteiger partial charge on any atom is 0.325 e. The molecule has 0 bridgehead atoms. The number of benzene rings is 1. The average Bonchev–Trinajstić information content (AvgIpc) is 2.69. The van der Waals surface area contributed by atoms with Gasteiger partial charge in [-0.15, -0.1) is 0 Å². The minimum atomic E-state index is -0.830. The van der Waals surface area contributed by atoms with E-state index in [-0.39, 0.29) is 5.56 Å². The summed E-state index contributed by atoms with van der Waals surface area (Å²) in [5.74, 6) is -0.901. The predicted molar refractivity (Wildman–Crippen MR) is 104 cm³/mol. The molecular formula is C19H27N3O7. The summed E-state index contributed by atoms with van der Waals surface area (Å²) in [6.07, 6.45) is 0.773. The third kappa shape index (κ3) is 9.45. The molecule has 3 N–H and O–H groups in total. The van der Waals surface area contributed by atoms with Crippen LogP contribution >= 0.6 is 0 Å². The Bertz CT molecular complexity index is 712. The highest BCUT2D eigenvalue weighted by Gasteiger charge is 2.14. The van der Waals surface area contributed by atoms with Gasteiger partial charge in [-0.05, 0) is 24.5 Å². The summed E-state index contributed by atoms with van der Waals surface area (Å²) in [6, 6.07) is 3.90. The van der Waals surface area contributed by atoms with Gasteiger partial charge in [0.05, 0.1) is 14.2 Å². The fourth-order valence-corrected chi connectivity index (χ4v) is 2.07. The zero-order valence-corrected chi connectivity index (χ0v) is 17.0. The van der Waals surface area contributed by atoms with E-state index < -0.39 is 37.0 Å². The molecule has 0 atom stereocenters. The predicted octanol–water partition coefficient (Wildman–Crippen LogP) is 0.849. The van der Waals surface area contributed by atoms with Crippen molar-refractivity contribution >= 4 is 23.8 Å². The van der Waals surface area contributed by atoms with E-state index in [4.69, 9.17) is 14.2 Å². The van der Waals surface area contributed by atoms with Gasteiger partial charge >= 0.3 is 12.0 Å². The van der Waals surface area contributed by atoms with Gasteiger partial charge < -0.3 is 24.8 Å². The summed E-state index contributed by atoms with van der Waals surface area (Å²) in [4.78, 5) is 46.9. The van der Waals surface area contributed by atoms with Crippen molar-refractivity contribution in [2.45, 2.75) is 20.3 Å². The normalized spacial score (nSPS) is 10.1. The first kappa shape index (κ1) is 23.7. The van der Waals surface area contributed by atoms with Gasteiger partial charge in [-0.25, -0.2) is 4.79 Å². The van der Waals surface area contributed by atoms with Gasteiger partial charge in [0.1, 0.15) is 18.0 Å². The second-order valence-corrected chi connectivity index (χ2v) is 6.43. The van der Waals surface area contributed by atoms with Crippen molar-refractivity contribution in [3.05, 3.63) is 23.8 Å². The third-order valence-electron chi connectivity index (χ3n) is 3.63. The molecule has 0 aliphatic heterocycles. The number of hydrogen-bond donors (Lipinski definition) is 3. The molecule has 10 nitrogen and oxygen atoms in total. The van der Waals surface area contributed by atoms with E-state index in [0.717, 1.165) is 6.42 Å². The van der Waals surface area contributed by atoms with E-state index in [1.54, 1.807) is 6.07 Å². The maximum atomic E-state index is 12.2. The van der Waals surface area contributed by atoms with Gasteiger partial charge in [0.15, 0.2) is 6.61 Å². The molecule has 1 aromatic rings. The minimum Gasteiger partial charge on any atom is -0.497 e. The Morgan fingerprint density at radius 2 is 1.59 bits per heavy atom. The Morgan fingerprint density at radius 3 is 2.14 bits per heavy atom. The van der Waals surface area contributed by atoms with Gasteiger partial charge in [-0.2, -0.15) is 0 Å². The quantitative estimate of drug-likeness (QED) is 0.488. The molecule has 0 spiro atoms. The van der Waals surface area contributed by atoms with Crippen LogP contribution in [0.4, 0.5) is 4.79 Å². The average molecular weight is 409 g/mol. The number of esters is 1. The lowest BCUT2D eigenvalue weighted by atomic mass is 10.1. The van der Waals surface area contributed by atoms with Crippen molar-refractivity contribution in [1.82, 2.24) is 16.0 Å². The number of methoxy groups -OCH3 is 2. The third-order valence-corrected chi connectivity index (χ3v) is 3.63. The standard InChI is InChI=1S/C19H27N3O7/c1-12(2)5-6-20-19(26)22-16(23)11-29-17(24)10-21-18(25)13-7-14(27-3)9-15(8-13)28-4/h7-9,12H,5-6,10-11H2,1-4H3,(H,21,25)(H2,20,22,23,26). The number of carbonyl (C=O) groups excluding carboxylic acids is 4. The summed E-state index contributed by atoms with van der Waals surface area (Å²) in [7, 11) is 2.90. The van der Waals surface area contributed by atoms with Crippen LogP contribution < -0.4 is 25.4 Å². The highest BCUT2D eigenvalue weighted by molar-refractivity contribution is 5.97. The maximum absolute atomic E-state index is 12.2. The Kier molecular flexibility index (Phi) is 10.00. The highest BCUT2D eigenvalue weighted by atomic mass is 16.5. The molecule has 0 saturated carbocycles. The Balaban J connectivity index is 2.37. The van der Waals surface area contributed by atoms with E-state index >= 15 is 0 Å². The molecule has 0 aliphatic carbocycles. The van der Waals surface area contributed by atoms with Crippen LogP contribution in [0.15, 0.2) is 18.2 Å². The molecule has 0 radical (unpaired) electrons. The van der Waals surface area contributed by atoms with Crippen LogP contribution in [0.3, 0.4) is 0 Å². The van der Waals surface area contributed by atoms with Crippen molar-refractivity contribution < 1.29 is 33.4 Å². The zero-order chi connectivity index (χ0) is 21.8. The van der Waals surface area contributed by atoms with Crippen molar-refractivity contribution in [3.63, 3.8) is 0 Å². The van der Waals surface area contributed by atoms with Crippen molar-refractivity contribution in [3.8, 4) is 11.5 Å². The number of hydrogen-bond acceptors (Lipinski definition) is 7. The van der Waals surface area contributed by atoms with Gasteiger partial charge in [-0.3, -0.25) is 19.7 Å².